The van der Waals surface area contributed by atoms with Gasteiger partial charge in [0.25, 0.3) is 0 Å². The molecule has 0 bridgehead atoms. The molecule has 1 aromatic rings. The second-order valence-electron chi connectivity index (χ2n) is 5.99. The van der Waals surface area contributed by atoms with Crippen molar-refractivity contribution in [1.82, 2.24) is 4.90 Å². The van der Waals surface area contributed by atoms with Gasteiger partial charge in [-0.1, -0.05) is 6.92 Å². The molecule has 5 nitrogen and oxygen atoms in total. The summed E-state index contributed by atoms with van der Waals surface area (Å²) in [4.78, 5) is 2.32. The van der Waals surface area contributed by atoms with Gasteiger partial charge in [-0.2, -0.15) is 0 Å². The van der Waals surface area contributed by atoms with Crippen molar-refractivity contribution >= 4 is 0 Å². The van der Waals surface area contributed by atoms with Crippen molar-refractivity contribution < 1.29 is 19.3 Å². The van der Waals surface area contributed by atoms with Crippen LogP contribution in [0.15, 0.2) is 18.2 Å². The van der Waals surface area contributed by atoms with Gasteiger partial charge in [-0.3, -0.25) is 0 Å². The van der Waals surface area contributed by atoms with Gasteiger partial charge in [-0.15, -0.1) is 0 Å². The van der Waals surface area contributed by atoms with Crippen molar-refractivity contribution in [1.29, 1.82) is 0 Å². The van der Waals surface area contributed by atoms with Crippen LogP contribution in [0.4, 0.5) is 0 Å². The fraction of sp³-hybridized carbons (Fsp3) is 0.625. The molecule has 0 unspecified atom stereocenters. The zero-order chi connectivity index (χ0) is 14.7. The van der Waals surface area contributed by atoms with Crippen LogP contribution in [0.3, 0.4) is 0 Å². The molecule has 2 atom stereocenters. The smallest absolute Gasteiger partial charge is 0.231 e. The lowest BCUT2D eigenvalue weighted by Gasteiger charge is -2.32. The quantitative estimate of drug-likeness (QED) is 0.898. The van der Waals surface area contributed by atoms with Crippen LogP contribution in [0.2, 0.25) is 0 Å². The first-order chi connectivity index (χ1) is 10.2. The maximum absolute atomic E-state index is 10.1. The molecule has 0 radical (unpaired) electrons. The Kier molecular flexibility index (Phi) is 4.51. The Morgan fingerprint density at radius 1 is 1.38 bits per heavy atom. The lowest BCUT2D eigenvalue weighted by Crippen LogP contribution is -2.41. The first-order valence-corrected chi connectivity index (χ1v) is 7.63. The minimum atomic E-state index is -0.472. The summed E-state index contributed by atoms with van der Waals surface area (Å²) >= 11 is 0. The van der Waals surface area contributed by atoms with Crippen LogP contribution in [0.5, 0.6) is 17.2 Å². The SMILES string of the molecule is C[C@H]1CCCN(C[C@H](O)COc2ccc3c(c2)OCO3)C1. The maximum atomic E-state index is 10.1. The molecule has 1 aromatic carbocycles. The van der Waals surface area contributed by atoms with E-state index in [2.05, 4.69) is 11.8 Å². The molecule has 0 spiro atoms. The van der Waals surface area contributed by atoms with Gasteiger partial charge in [-0.25, -0.2) is 0 Å². The highest BCUT2D eigenvalue weighted by atomic mass is 16.7. The van der Waals surface area contributed by atoms with Crippen LogP contribution in [-0.4, -0.2) is 49.1 Å². The molecule has 1 saturated heterocycles. The van der Waals surface area contributed by atoms with Crippen molar-refractivity contribution in [3.05, 3.63) is 18.2 Å². The summed E-state index contributed by atoms with van der Waals surface area (Å²) in [5.41, 5.74) is 0. The summed E-state index contributed by atoms with van der Waals surface area (Å²) in [6.45, 7) is 5.64. The third kappa shape index (κ3) is 3.80. The van der Waals surface area contributed by atoms with Crippen LogP contribution >= 0.6 is 0 Å². The Bertz CT molecular complexity index is 479. The molecule has 0 amide bonds. The fourth-order valence-electron chi connectivity index (χ4n) is 2.96. The summed E-state index contributed by atoms with van der Waals surface area (Å²) in [6, 6.07) is 5.47. The lowest BCUT2D eigenvalue weighted by molar-refractivity contribution is 0.0536. The number of benzene rings is 1. The molecule has 2 heterocycles. The monoisotopic (exact) mass is 293 g/mol. The molecule has 3 rings (SSSR count). The Morgan fingerprint density at radius 3 is 3.10 bits per heavy atom. The standard InChI is InChI=1S/C16H23NO4/c1-12-3-2-6-17(8-12)9-13(18)10-19-14-4-5-15-16(7-14)21-11-20-15/h4-5,7,12-13,18H,2-3,6,8-11H2,1H3/t12-,13-/m0/s1. The largest absolute Gasteiger partial charge is 0.491 e. The van der Waals surface area contributed by atoms with E-state index in [9.17, 15) is 5.11 Å². The normalized spacial score (nSPS) is 23.0. The van der Waals surface area contributed by atoms with E-state index in [1.807, 2.05) is 12.1 Å². The van der Waals surface area contributed by atoms with Crippen LogP contribution in [0.25, 0.3) is 0 Å². The Labute approximate surface area is 125 Å². The fourth-order valence-corrected chi connectivity index (χ4v) is 2.96. The molecule has 0 aromatic heterocycles. The van der Waals surface area contributed by atoms with Crippen LogP contribution in [-0.2, 0) is 0 Å². The number of likely N-dealkylation sites (tertiary alicyclic amines) is 1. The number of aliphatic hydroxyl groups excluding tert-OH is 1. The summed E-state index contributed by atoms with van der Waals surface area (Å²) in [6.07, 6.45) is 2.04. The first kappa shape index (κ1) is 14.5. The lowest BCUT2D eigenvalue weighted by atomic mass is 10.0. The number of β-amino-alcohol motifs (C(OH)–C–C–N with tert-alkyl or cyclic N) is 1. The van der Waals surface area contributed by atoms with Crippen molar-refractivity contribution in [3.8, 4) is 17.2 Å². The number of hydrogen-bond acceptors (Lipinski definition) is 5. The van der Waals surface area contributed by atoms with E-state index in [0.29, 0.717) is 24.7 Å². The van der Waals surface area contributed by atoms with E-state index in [1.54, 1.807) is 6.07 Å². The predicted molar refractivity (Wildman–Crippen MR) is 78.9 cm³/mol. The van der Waals surface area contributed by atoms with Gasteiger partial charge in [0.2, 0.25) is 6.79 Å². The molecule has 1 N–H and O–H groups in total. The topological polar surface area (TPSA) is 51.2 Å². The van der Waals surface area contributed by atoms with E-state index in [0.717, 1.165) is 24.8 Å². The summed E-state index contributed by atoms with van der Waals surface area (Å²) in [7, 11) is 0. The van der Waals surface area contributed by atoms with E-state index in [4.69, 9.17) is 14.2 Å². The first-order valence-electron chi connectivity index (χ1n) is 7.63. The van der Waals surface area contributed by atoms with Crippen molar-refractivity contribution in [2.24, 2.45) is 5.92 Å². The second-order valence-corrected chi connectivity index (χ2v) is 5.99. The van der Waals surface area contributed by atoms with Crippen molar-refractivity contribution in [3.63, 3.8) is 0 Å². The number of ether oxygens (including phenoxy) is 3. The Hall–Kier alpha value is -1.46. The highest BCUT2D eigenvalue weighted by molar-refractivity contribution is 5.46. The second kappa shape index (κ2) is 6.54. The molecule has 2 aliphatic rings. The minimum absolute atomic E-state index is 0.258. The van der Waals surface area contributed by atoms with Gasteiger partial charge >= 0.3 is 0 Å². The third-order valence-corrected chi connectivity index (χ3v) is 4.00. The Balaban J connectivity index is 1.46. The molecule has 0 aliphatic carbocycles. The molecule has 5 heteroatoms. The maximum Gasteiger partial charge on any atom is 0.231 e. The van der Waals surface area contributed by atoms with Gasteiger partial charge in [0.15, 0.2) is 11.5 Å². The van der Waals surface area contributed by atoms with Gasteiger partial charge in [0.1, 0.15) is 18.5 Å². The van der Waals surface area contributed by atoms with Crippen molar-refractivity contribution in [2.75, 3.05) is 33.0 Å². The highest BCUT2D eigenvalue weighted by Gasteiger charge is 2.19. The van der Waals surface area contributed by atoms with E-state index < -0.39 is 6.10 Å². The van der Waals surface area contributed by atoms with Gasteiger partial charge < -0.3 is 24.2 Å². The van der Waals surface area contributed by atoms with Gasteiger partial charge in [-0.05, 0) is 37.4 Å². The number of rotatable bonds is 5. The zero-order valence-electron chi connectivity index (χ0n) is 12.5. The van der Waals surface area contributed by atoms with Crippen LogP contribution < -0.4 is 14.2 Å². The number of fused-ring (bicyclic) bond motifs is 1. The number of aliphatic hydroxyl groups is 1. The molecular weight excluding hydrogens is 270 g/mol. The minimum Gasteiger partial charge on any atom is -0.491 e. The van der Waals surface area contributed by atoms with E-state index in [-0.39, 0.29) is 6.79 Å². The molecule has 116 valence electrons. The van der Waals surface area contributed by atoms with E-state index in [1.165, 1.54) is 12.8 Å². The zero-order valence-corrected chi connectivity index (χ0v) is 12.5. The van der Waals surface area contributed by atoms with Crippen molar-refractivity contribution in [2.45, 2.75) is 25.9 Å². The Morgan fingerprint density at radius 2 is 2.24 bits per heavy atom. The third-order valence-electron chi connectivity index (χ3n) is 4.00. The average Bonchev–Trinajstić information content (AvgIpc) is 2.92. The highest BCUT2D eigenvalue weighted by Crippen LogP contribution is 2.35. The predicted octanol–water partition coefficient (Wildman–Crippen LogP) is 1.89. The number of hydrogen-bond donors (Lipinski definition) is 1. The number of piperidine rings is 1. The van der Waals surface area contributed by atoms with E-state index >= 15 is 0 Å². The molecule has 21 heavy (non-hydrogen) atoms. The molecule has 2 aliphatic heterocycles. The molecule has 0 saturated carbocycles. The average molecular weight is 293 g/mol. The van der Waals surface area contributed by atoms with Gasteiger partial charge in [0, 0.05) is 19.2 Å². The van der Waals surface area contributed by atoms with Crippen LogP contribution in [0, 0.1) is 5.92 Å². The van der Waals surface area contributed by atoms with Gasteiger partial charge in [0.05, 0.1) is 0 Å². The summed E-state index contributed by atoms with van der Waals surface area (Å²) in [5, 5.41) is 10.1. The van der Waals surface area contributed by atoms with Crippen LogP contribution in [0.1, 0.15) is 19.8 Å². The summed E-state index contributed by atoms with van der Waals surface area (Å²) < 4.78 is 16.2. The summed E-state index contributed by atoms with van der Waals surface area (Å²) in [5.74, 6) is 2.86. The molecule has 1 fully saturated rings. The number of nitrogens with zero attached hydrogens (tertiary/aromatic N) is 1. The molecular formula is C16H23NO4.